The molecule has 3 amide bonds. The number of hydrogen-bond donors (Lipinski definition) is 3. The number of carbonyl (C=O) groups excluding carboxylic acids is 3. The third-order valence-corrected chi connectivity index (χ3v) is 1.31. The maximum Gasteiger partial charge on any atom is 0.310 e. The highest BCUT2D eigenvalue weighted by molar-refractivity contribution is 6.35. The molecule has 0 radical (unpaired) electrons. The van der Waals surface area contributed by atoms with Crippen LogP contribution in [0.25, 0.3) is 0 Å². The zero-order chi connectivity index (χ0) is 12.4. The number of hydrogen-bond acceptors (Lipinski definition) is 5. The van der Waals surface area contributed by atoms with E-state index in [0.29, 0.717) is 0 Å². The van der Waals surface area contributed by atoms with Crippen molar-refractivity contribution < 1.29 is 19.1 Å². The van der Waals surface area contributed by atoms with Crippen LogP contribution in [-0.4, -0.2) is 44.0 Å². The van der Waals surface area contributed by atoms with Gasteiger partial charge in [0.15, 0.2) is 0 Å². The molecule has 0 aliphatic carbocycles. The van der Waals surface area contributed by atoms with Crippen LogP contribution in [0.1, 0.15) is 0 Å². The predicted molar refractivity (Wildman–Crippen MR) is 51.6 cm³/mol. The minimum absolute atomic E-state index is 0.0697. The van der Waals surface area contributed by atoms with E-state index >= 15 is 0 Å². The molecule has 0 rings (SSSR count). The van der Waals surface area contributed by atoms with Gasteiger partial charge in [-0.3, -0.25) is 14.4 Å². The van der Waals surface area contributed by atoms with Crippen molar-refractivity contribution >= 4 is 17.7 Å². The molecule has 0 bridgehead atoms. The van der Waals surface area contributed by atoms with Gasteiger partial charge in [0.25, 0.3) is 0 Å². The van der Waals surface area contributed by atoms with E-state index in [1.165, 1.54) is 0 Å². The number of rotatable bonds is 6. The SMILES string of the molecule is N#CCNC(=O)C(=O)NCCOCC(N)=O. The summed E-state index contributed by atoms with van der Waals surface area (Å²) in [6, 6.07) is 1.65. The van der Waals surface area contributed by atoms with Gasteiger partial charge in [-0.1, -0.05) is 0 Å². The Bertz CT molecular complexity index is 310. The Morgan fingerprint density at radius 2 is 1.88 bits per heavy atom. The monoisotopic (exact) mass is 228 g/mol. The molecule has 0 aliphatic rings. The lowest BCUT2D eigenvalue weighted by atomic mass is 10.5. The van der Waals surface area contributed by atoms with Gasteiger partial charge in [-0.15, -0.1) is 0 Å². The molecular formula is C8H12N4O4. The van der Waals surface area contributed by atoms with Crippen LogP contribution in [-0.2, 0) is 19.1 Å². The molecule has 0 saturated carbocycles. The van der Waals surface area contributed by atoms with E-state index in [4.69, 9.17) is 15.7 Å². The summed E-state index contributed by atoms with van der Waals surface area (Å²) in [6.45, 7) is -0.326. The van der Waals surface area contributed by atoms with Crippen molar-refractivity contribution in [3.05, 3.63) is 0 Å². The van der Waals surface area contributed by atoms with E-state index in [2.05, 4.69) is 10.6 Å². The summed E-state index contributed by atoms with van der Waals surface area (Å²) in [5.74, 6) is -2.37. The summed E-state index contributed by atoms with van der Waals surface area (Å²) < 4.78 is 4.73. The van der Waals surface area contributed by atoms with E-state index in [1.807, 2.05) is 0 Å². The van der Waals surface area contributed by atoms with Crippen molar-refractivity contribution in [2.45, 2.75) is 0 Å². The van der Waals surface area contributed by atoms with E-state index < -0.39 is 17.7 Å². The van der Waals surface area contributed by atoms with Crippen LogP contribution in [0.4, 0.5) is 0 Å². The molecule has 8 nitrogen and oxygen atoms in total. The molecule has 0 spiro atoms. The van der Waals surface area contributed by atoms with Crippen molar-refractivity contribution in [1.82, 2.24) is 10.6 Å². The van der Waals surface area contributed by atoms with Gasteiger partial charge in [0.1, 0.15) is 13.2 Å². The number of primary amides is 1. The number of nitrogens with zero attached hydrogens (tertiary/aromatic N) is 1. The number of ether oxygens (including phenoxy) is 1. The molecule has 0 heterocycles. The van der Waals surface area contributed by atoms with Crippen LogP contribution in [0.2, 0.25) is 0 Å². The second kappa shape index (κ2) is 8.19. The molecule has 0 saturated heterocycles. The first-order chi connectivity index (χ1) is 7.57. The minimum Gasteiger partial charge on any atom is -0.370 e. The van der Waals surface area contributed by atoms with Crippen LogP contribution in [0.5, 0.6) is 0 Å². The fraction of sp³-hybridized carbons (Fsp3) is 0.500. The quantitative estimate of drug-likeness (QED) is 0.257. The first kappa shape index (κ1) is 13.9. The fourth-order valence-electron chi connectivity index (χ4n) is 0.690. The van der Waals surface area contributed by atoms with Gasteiger partial charge in [-0.2, -0.15) is 5.26 Å². The summed E-state index contributed by atoms with van der Waals surface area (Å²) in [5, 5.41) is 12.4. The third-order valence-electron chi connectivity index (χ3n) is 1.31. The lowest BCUT2D eigenvalue weighted by Crippen LogP contribution is -2.41. The normalized spacial score (nSPS) is 8.94. The maximum atomic E-state index is 11.0. The van der Waals surface area contributed by atoms with Gasteiger partial charge in [-0.25, -0.2) is 0 Å². The minimum atomic E-state index is -0.892. The Morgan fingerprint density at radius 1 is 1.25 bits per heavy atom. The zero-order valence-corrected chi connectivity index (χ0v) is 8.49. The number of nitrogens with two attached hydrogens (primary N) is 1. The van der Waals surface area contributed by atoms with E-state index in [-0.39, 0.29) is 26.3 Å². The van der Waals surface area contributed by atoms with Gasteiger partial charge in [0, 0.05) is 6.54 Å². The van der Waals surface area contributed by atoms with Gasteiger partial charge >= 0.3 is 11.8 Å². The van der Waals surface area contributed by atoms with Gasteiger partial charge < -0.3 is 21.1 Å². The lowest BCUT2D eigenvalue weighted by molar-refractivity contribution is -0.139. The zero-order valence-electron chi connectivity index (χ0n) is 8.49. The van der Waals surface area contributed by atoms with Crippen molar-refractivity contribution in [2.75, 3.05) is 26.3 Å². The van der Waals surface area contributed by atoms with Crippen LogP contribution in [0.3, 0.4) is 0 Å². The van der Waals surface area contributed by atoms with Crippen LogP contribution >= 0.6 is 0 Å². The second-order valence-corrected chi connectivity index (χ2v) is 2.62. The average Bonchev–Trinajstić information content (AvgIpc) is 2.24. The highest BCUT2D eigenvalue weighted by atomic mass is 16.5. The van der Waals surface area contributed by atoms with E-state index in [1.54, 1.807) is 6.07 Å². The average molecular weight is 228 g/mol. The molecule has 88 valence electrons. The van der Waals surface area contributed by atoms with E-state index in [0.717, 1.165) is 0 Å². The van der Waals surface area contributed by atoms with Gasteiger partial charge in [0.2, 0.25) is 5.91 Å². The highest BCUT2D eigenvalue weighted by Gasteiger charge is 2.11. The summed E-state index contributed by atoms with van der Waals surface area (Å²) >= 11 is 0. The Balaban J connectivity index is 3.54. The summed E-state index contributed by atoms with van der Waals surface area (Å²) in [5.41, 5.74) is 4.79. The van der Waals surface area contributed by atoms with Crippen LogP contribution < -0.4 is 16.4 Å². The van der Waals surface area contributed by atoms with Gasteiger partial charge in [-0.05, 0) is 0 Å². The molecule has 0 aromatic heterocycles. The molecule has 0 atom stereocenters. The summed E-state index contributed by atoms with van der Waals surface area (Å²) in [6.07, 6.45) is 0. The van der Waals surface area contributed by atoms with Crippen LogP contribution in [0.15, 0.2) is 0 Å². The molecular weight excluding hydrogens is 216 g/mol. The Morgan fingerprint density at radius 3 is 2.44 bits per heavy atom. The molecule has 0 fully saturated rings. The molecule has 8 heteroatoms. The first-order valence-corrected chi connectivity index (χ1v) is 4.37. The molecule has 0 aliphatic heterocycles. The highest BCUT2D eigenvalue weighted by Crippen LogP contribution is 1.73. The number of nitriles is 1. The largest absolute Gasteiger partial charge is 0.370 e. The standard InChI is InChI=1S/C8H12N4O4/c9-1-2-11-7(14)8(15)12-3-4-16-5-6(10)13/h2-5H2,(H2,10,13)(H,11,14)(H,12,15). The van der Waals surface area contributed by atoms with Crippen molar-refractivity contribution in [2.24, 2.45) is 5.73 Å². The van der Waals surface area contributed by atoms with Gasteiger partial charge in [0.05, 0.1) is 12.7 Å². The fourth-order valence-corrected chi connectivity index (χ4v) is 0.690. The predicted octanol–water partition coefficient (Wildman–Crippen LogP) is -2.76. The Hall–Kier alpha value is -2.14. The number of nitrogens with one attached hydrogen (secondary N) is 2. The number of carbonyl (C=O) groups is 3. The lowest BCUT2D eigenvalue weighted by Gasteiger charge is -2.04. The van der Waals surface area contributed by atoms with E-state index in [9.17, 15) is 14.4 Å². The van der Waals surface area contributed by atoms with Crippen molar-refractivity contribution in [1.29, 1.82) is 5.26 Å². The molecule has 0 aromatic carbocycles. The third kappa shape index (κ3) is 7.28. The summed E-state index contributed by atoms with van der Waals surface area (Å²) in [4.78, 5) is 32.1. The van der Waals surface area contributed by atoms with Crippen molar-refractivity contribution in [3.63, 3.8) is 0 Å². The molecule has 4 N–H and O–H groups in total. The Kier molecular flexibility index (Phi) is 7.10. The topological polar surface area (TPSA) is 134 Å². The molecule has 0 unspecified atom stereocenters. The Labute approximate surface area is 91.7 Å². The smallest absolute Gasteiger partial charge is 0.310 e. The number of amides is 3. The molecule has 16 heavy (non-hydrogen) atoms. The maximum absolute atomic E-state index is 11.0. The summed E-state index contributed by atoms with van der Waals surface area (Å²) in [7, 11) is 0. The first-order valence-electron chi connectivity index (χ1n) is 4.37. The second-order valence-electron chi connectivity index (χ2n) is 2.62. The molecule has 0 aromatic rings. The van der Waals surface area contributed by atoms with Crippen molar-refractivity contribution in [3.8, 4) is 6.07 Å². The van der Waals surface area contributed by atoms with Crippen LogP contribution in [0, 0.1) is 11.3 Å².